The highest BCUT2D eigenvalue weighted by molar-refractivity contribution is 7.99. The molecule has 0 amide bonds. The molecule has 6 heteroatoms. The molecule has 0 bridgehead atoms. The fourth-order valence-corrected chi connectivity index (χ4v) is 4.23. The van der Waals surface area contributed by atoms with Crippen LogP contribution in [-0.4, -0.2) is 20.6 Å². The minimum atomic E-state index is -0.395. The van der Waals surface area contributed by atoms with Crippen LogP contribution in [0.4, 0.5) is 4.39 Å². The van der Waals surface area contributed by atoms with E-state index >= 15 is 0 Å². The van der Waals surface area contributed by atoms with E-state index < -0.39 is 5.82 Å². The summed E-state index contributed by atoms with van der Waals surface area (Å²) in [7, 11) is 0. The third-order valence-corrected chi connectivity index (χ3v) is 5.47. The highest BCUT2D eigenvalue weighted by Crippen LogP contribution is 2.29. The van der Waals surface area contributed by atoms with E-state index in [9.17, 15) is 4.39 Å². The van der Waals surface area contributed by atoms with E-state index in [1.807, 2.05) is 16.3 Å². The van der Waals surface area contributed by atoms with Crippen LogP contribution in [0.2, 0.25) is 5.02 Å². The number of thioether (sulfide) groups is 1. The van der Waals surface area contributed by atoms with E-state index in [2.05, 4.69) is 4.98 Å². The molecule has 0 spiro atoms. The predicted octanol–water partition coefficient (Wildman–Crippen LogP) is 4.78. The third-order valence-electron chi connectivity index (χ3n) is 3.48. The first-order chi connectivity index (χ1) is 9.15. The van der Waals surface area contributed by atoms with E-state index in [0.29, 0.717) is 10.0 Å². The highest BCUT2D eigenvalue weighted by Gasteiger charge is 2.17. The van der Waals surface area contributed by atoms with Gasteiger partial charge in [-0.2, -0.15) is 11.8 Å². The van der Waals surface area contributed by atoms with Crippen molar-refractivity contribution in [3.8, 4) is 0 Å². The molecular formula is C13H14ClFN2S2. The summed E-state index contributed by atoms with van der Waals surface area (Å²) in [5.74, 6) is 0.814. The number of imidazole rings is 1. The van der Waals surface area contributed by atoms with Crippen molar-refractivity contribution in [3.05, 3.63) is 27.7 Å². The zero-order chi connectivity index (χ0) is 13.4. The summed E-state index contributed by atoms with van der Waals surface area (Å²) < 4.78 is 16.3. The Bertz CT molecular complexity index is 658. The molecule has 2 nitrogen and oxygen atoms in total. The van der Waals surface area contributed by atoms with Gasteiger partial charge >= 0.3 is 0 Å². The molecule has 1 atom stereocenters. The average Bonchev–Trinajstić information content (AvgIpc) is 2.68. The summed E-state index contributed by atoms with van der Waals surface area (Å²) >= 11 is 13.1. The number of nitrogens with one attached hydrogen (secondary N) is 1. The summed E-state index contributed by atoms with van der Waals surface area (Å²) in [5, 5.41) is 0.695. The number of benzene rings is 1. The lowest BCUT2D eigenvalue weighted by Crippen LogP contribution is -2.17. The number of H-pyrrole nitrogens is 1. The maximum Gasteiger partial charge on any atom is 0.178 e. The Morgan fingerprint density at radius 2 is 2.32 bits per heavy atom. The lowest BCUT2D eigenvalue weighted by Gasteiger charge is -2.21. The van der Waals surface area contributed by atoms with Crippen LogP contribution in [0.25, 0.3) is 11.0 Å². The molecule has 1 saturated heterocycles. The van der Waals surface area contributed by atoms with Gasteiger partial charge in [0.2, 0.25) is 0 Å². The van der Waals surface area contributed by atoms with Crippen molar-refractivity contribution < 1.29 is 4.39 Å². The molecule has 0 radical (unpaired) electrons. The fraction of sp³-hybridized carbons (Fsp3) is 0.462. The average molecular weight is 317 g/mol. The molecular weight excluding hydrogens is 303 g/mol. The second kappa shape index (κ2) is 5.46. The van der Waals surface area contributed by atoms with Gasteiger partial charge in [-0.1, -0.05) is 18.0 Å². The van der Waals surface area contributed by atoms with Crippen molar-refractivity contribution >= 4 is 46.6 Å². The van der Waals surface area contributed by atoms with Crippen LogP contribution in [-0.2, 0) is 6.54 Å². The first-order valence-electron chi connectivity index (χ1n) is 6.34. The number of hydrogen-bond donors (Lipinski definition) is 1. The number of aromatic nitrogens is 2. The lowest BCUT2D eigenvalue weighted by molar-refractivity contribution is 0.586. The second-order valence-corrected chi connectivity index (χ2v) is 7.01. The van der Waals surface area contributed by atoms with Gasteiger partial charge in [-0.05, 0) is 36.9 Å². The van der Waals surface area contributed by atoms with E-state index in [0.717, 1.165) is 17.6 Å². The molecule has 1 aliphatic rings. The zero-order valence-corrected chi connectivity index (χ0v) is 12.7. The zero-order valence-electron chi connectivity index (χ0n) is 10.3. The summed E-state index contributed by atoms with van der Waals surface area (Å²) in [6.45, 7) is 0.838. The number of aromatic amines is 1. The highest BCUT2D eigenvalue weighted by atomic mass is 35.5. The molecule has 19 heavy (non-hydrogen) atoms. The molecule has 1 fully saturated rings. The van der Waals surface area contributed by atoms with Gasteiger partial charge < -0.3 is 9.55 Å². The number of fused-ring (bicyclic) bond motifs is 1. The topological polar surface area (TPSA) is 20.7 Å². The Morgan fingerprint density at radius 1 is 1.47 bits per heavy atom. The van der Waals surface area contributed by atoms with Crippen molar-refractivity contribution in [1.82, 2.24) is 9.55 Å². The van der Waals surface area contributed by atoms with Crippen LogP contribution < -0.4 is 0 Å². The smallest absolute Gasteiger partial charge is 0.178 e. The van der Waals surface area contributed by atoms with Crippen molar-refractivity contribution in [1.29, 1.82) is 0 Å². The van der Waals surface area contributed by atoms with Crippen LogP contribution in [0, 0.1) is 10.6 Å². The molecule has 1 N–H and O–H groups in total. The van der Waals surface area contributed by atoms with Gasteiger partial charge in [-0.25, -0.2) is 4.39 Å². The number of rotatable bonds is 2. The summed E-state index contributed by atoms with van der Waals surface area (Å²) in [6, 6.07) is 3.07. The molecule has 0 saturated carbocycles. The van der Waals surface area contributed by atoms with Gasteiger partial charge in [0.1, 0.15) is 5.82 Å². The van der Waals surface area contributed by atoms with E-state index in [1.165, 1.54) is 31.1 Å². The molecule has 0 aliphatic carbocycles. The molecule has 3 rings (SSSR count). The molecule has 1 aliphatic heterocycles. The van der Waals surface area contributed by atoms with Gasteiger partial charge in [0.15, 0.2) is 4.77 Å². The Balaban J connectivity index is 2.00. The van der Waals surface area contributed by atoms with Crippen molar-refractivity contribution in [3.63, 3.8) is 0 Å². The van der Waals surface area contributed by atoms with Crippen molar-refractivity contribution in [2.45, 2.75) is 31.1 Å². The Kier molecular flexibility index (Phi) is 3.87. The molecule has 2 aromatic rings. The van der Waals surface area contributed by atoms with Crippen molar-refractivity contribution in [2.24, 2.45) is 0 Å². The lowest BCUT2D eigenvalue weighted by atomic mass is 10.2. The van der Waals surface area contributed by atoms with E-state index in [1.54, 1.807) is 6.07 Å². The molecule has 2 heterocycles. The normalized spacial score (nSPS) is 20.0. The first-order valence-corrected chi connectivity index (χ1v) is 8.18. The number of hydrogen-bond acceptors (Lipinski definition) is 2. The number of halogens is 2. The SMILES string of the molecule is Fc1cc2c(cc1Cl)[nH]c(=S)n2CC1CCCCS1. The van der Waals surface area contributed by atoms with Crippen molar-refractivity contribution in [2.75, 3.05) is 5.75 Å². The fourth-order valence-electron chi connectivity index (χ4n) is 2.49. The minimum Gasteiger partial charge on any atom is -0.331 e. The van der Waals surface area contributed by atoms with Gasteiger partial charge in [0.25, 0.3) is 0 Å². The predicted molar refractivity (Wildman–Crippen MR) is 82.2 cm³/mol. The molecule has 1 unspecified atom stereocenters. The summed E-state index contributed by atoms with van der Waals surface area (Å²) in [5.41, 5.74) is 1.61. The molecule has 102 valence electrons. The second-order valence-electron chi connectivity index (χ2n) is 4.81. The summed E-state index contributed by atoms with van der Waals surface area (Å²) in [6.07, 6.45) is 3.77. The van der Waals surface area contributed by atoms with Gasteiger partial charge in [0.05, 0.1) is 16.1 Å². The van der Waals surface area contributed by atoms with Crippen LogP contribution in [0.1, 0.15) is 19.3 Å². The van der Waals surface area contributed by atoms with Crippen LogP contribution in [0.3, 0.4) is 0 Å². The van der Waals surface area contributed by atoms with Crippen LogP contribution in [0.15, 0.2) is 12.1 Å². The standard InChI is InChI=1S/C13H14ClFN2S2/c14-9-5-11-12(6-10(9)15)17(13(18)16-11)7-8-3-1-2-4-19-8/h5-6,8H,1-4,7H2,(H,16,18). The Morgan fingerprint density at radius 3 is 3.05 bits per heavy atom. The van der Waals surface area contributed by atoms with Crippen LogP contribution in [0.5, 0.6) is 0 Å². The van der Waals surface area contributed by atoms with E-state index in [-0.39, 0.29) is 5.02 Å². The quantitative estimate of drug-likeness (QED) is 0.805. The monoisotopic (exact) mass is 316 g/mol. The first kappa shape index (κ1) is 13.5. The Hall–Kier alpha value is -0.520. The van der Waals surface area contributed by atoms with Gasteiger partial charge in [0, 0.05) is 17.9 Å². The largest absolute Gasteiger partial charge is 0.331 e. The third kappa shape index (κ3) is 2.69. The van der Waals surface area contributed by atoms with E-state index in [4.69, 9.17) is 23.8 Å². The minimum absolute atomic E-state index is 0.128. The molecule has 1 aromatic carbocycles. The Labute approximate surface area is 125 Å². The number of nitrogens with zero attached hydrogens (tertiary/aromatic N) is 1. The summed E-state index contributed by atoms with van der Waals surface area (Å²) in [4.78, 5) is 3.10. The van der Waals surface area contributed by atoms with Gasteiger partial charge in [-0.3, -0.25) is 0 Å². The maximum absolute atomic E-state index is 13.6. The van der Waals surface area contributed by atoms with Crippen LogP contribution >= 0.6 is 35.6 Å². The van der Waals surface area contributed by atoms with Gasteiger partial charge in [-0.15, -0.1) is 0 Å². The molecule has 1 aromatic heterocycles. The maximum atomic E-state index is 13.6.